The Balaban J connectivity index is 5.24. The van der Waals surface area contributed by atoms with Gasteiger partial charge >= 0.3 is 39.5 Å². The lowest BCUT2D eigenvalue weighted by molar-refractivity contribution is -0.161. The molecule has 0 aliphatic rings. The van der Waals surface area contributed by atoms with Gasteiger partial charge in [-0.15, -0.1) is 0 Å². The van der Waals surface area contributed by atoms with Crippen molar-refractivity contribution in [3.63, 3.8) is 0 Å². The highest BCUT2D eigenvalue weighted by atomic mass is 31.2. The molecule has 498 valence electrons. The number of ether oxygens (including phenoxy) is 4. The SMILES string of the molecule is CCC(C)CCCCCCCCC(=O)OC[C@H](COP(=O)(O)OCC(O)COP(=O)(O)OC[C@@H](COC(=O)CCCCCCCCCC(C)C)OC(=O)CCCCCCCCCCCCCCC(C)C)OC(=O)CCCCCCCCC(C)C. The molecule has 17 nitrogen and oxygen atoms in total. The van der Waals surface area contributed by atoms with Crippen LogP contribution in [0.4, 0.5) is 0 Å². The second-order valence-corrected chi connectivity index (χ2v) is 28.1. The number of carbonyl (C=O) groups excluding carboxylic acids is 4. The Morgan fingerprint density at radius 2 is 0.571 bits per heavy atom. The molecular formula is C65H126O17P2. The third-order valence-corrected chi connectivity index (χ3v) is 17.1. The average Bonchev–Trinajstić information content (AvgIpc) is 3.47. The fourth-order valence-corrected chi connectivity index (χ4v) is 11.2. The number of carbonyl (C=O) groups is 4. The van der Waals surface area contributed by atoms with E-state index in [0.29, 0.717) is 37.5 Å². The maximum atomic E-state index is 13.0. The summed E-state index contributed by atoms with van der Waals surface area (Å²) in [6.45, 7) is 13.9. The maximum absolute atomic E-state index is 13.0. The number of hydrogen-bond donors (Lipinski definition) is 3. The summed E-state index contributed by atoms with van der Waals surface area (Å²) in [6.07, 6.45) is 35.1. The quantitative estimate of drug-likeness (QED) is 0.0222. The van der Waals surface area contributed by atoms with Gasteiger partial charge in [0.2, 0.25) is 0 Å². The molecular weight excluding hydrogens is 1110 g/mol. The zero-order valence-corrected chi connectivity index (χ0v) is 56.3. The molecule has 0 aliphatic carbocycles. The largest absolute Gasteiger partial charge is 0.472 e. The molecule has 0 radical (unpaired) electrons. The highest BCUT2D eigenvalue weighted by Crippen LogP contribution is 2.45. The number of hydrogen-bond acceptors (Lipinski definition) is 15. The van der Waals surface area contributed by atoms with E-state index in [2.05, 4.69) is 55.4 Å². The van der Waals surface area contributed by atoms with Crippen molar-refractivity contribution in [2.75, 3.05) is 39.6 Å². The minimum Gasteiger partial charge on any atom is -0.462 e. The number of rotatable bonds is 62. The van der Waals surface area contributed by atoms with Gasteiger partial charge in [-0.2, -0.15) is 0 Å². The van der Waals surface area contributed by atoms with E-state index >= 15 is 0 Å². The van der Waals surface area contributed by atoms with E-state index in [1.165, 1.54) is 103 Å². The molecule has 3 N–H and O–H groups in total. The number of phosphoric acid groups is 2. The molecule has 6 atom stereocenters. The van der Waals surface area contributed by atoms with Crippen LogP contribution in [0.3, 0.4) is 0 Å². The van der Waals surface area contributed by atoms with Crippen molar-refractivity contribution in [1.82, 2.24) is 0 Å². The smallest absolute Gasteiger partial charge is 0.462 e. The second kappa shape index (κ2) is 55.2. The van der Waals surface area contributed by atoms with Gasteiger partial charge in [0.25, 0.3) is 0 Å². The minimum atomic E-state index is -4.95. The molecule has 0 bridgehead atoms. The molecule has 0 aromatic carbocycles. The lowest BCUT2D eigenvalue weighted by atomic mass is 10.00. The first-order valence-corrected chi connectivity index (χ1v) is 36.7. The molecule has 4 unspecified atom stereocenters. The van der Waals surface area contributed by atoms with E-state index in [9.17, 15) is 43.2 Å². The Kier molecular flexibility index (Phi) is 53.9. The van der Waals surface area contributed by atoms with Crippen molar-refractivity contribution in [2.24, 2.45) is 23.7 Å². The lowest BCUT2D eigenvalue weighted by Gasteiger charge is -2.21. The molecule has 0 spiro atoms. The highest BCUT2D eigenvalue weighted by Gasteiger charge is 2.30. The van der Waals surface area contributed by atoms with Crippen LogP contribution in [-0.4, -0.2) is 96.7 Å². The summed E-state index contributed by atoms with van der Waals surface area (Å²) < 4.78 is 68.0. The Hall–Kier alpha value is -1.94. The monoisotopic (exact) mass is 1240 g/mol. The Bertz CT molecular complexity index is 1680. The normalized spacial score (nSPS) is 14.7. The van der Waals surface area contributed by atoms with Crippen LogP contribution in [0.15, 0.2) is 0 Å². The first-order chi connectivity index (χ1) is 40.1. The number of unbranched alkanes of at least 4 members (excludes halogenated alkanes) is 27. The summed E-state index contributed by atoms with van der Waals surface area (Å²) in [5, 5.41) is 10.5. The fraction of sp³-hybridized carbons (Fsp3) is 0.938. The van der Waals surface area contributed by atoms with Crippen LogP contribution in [0, 0.1) is 23.7 Å². The van der Waals surface area contributed by atoms with E-state index in [1.54, 1.807) is 0 Å². The number of aliphatic hydroxyl groups is 1. The predicted octanol–water partition coefficient (Wildman–Crippen LogP) is 17.8. The van der Waals surface area contributed by atoms with Crippen molar-refractivity contribution in [2.45, 2.75) is 331 Å². The molecule has 0 saturated heterocycles. The summed E-state index contributed by atoms with van der Waals surface area (Å²) in [4.78, 5) is 72.2. The summed E-state index contributed by atoms with van der Waals surface area (Å²) in [5.74, 6) is 0.740. The van der Waals surface area contributed by atoms with Gasteiger partial charge in [0.15, 0.2) is 12.2 Å². The van der Waals surface area contributed by atoms with Gasteiger partial charge < -0.3 is 33.8 Å². The van der Waals surface area contributed by atoms with E-state index in [-0.39, 0.29) is 25.7 Å². The van der Waals surface area contributed by atoms with E-state index in [1.807, 2.05) is 0 Å². The van der Waals surface area contributed by atoms with Gasteiger partial charge in [-0.3, -0.25) is 37.3 Å². The zero-order valence-electron chi connectivity index (χ0n) is 54.5. The van der Waals surface area contributed by atoms with E-state index in [0.717, 1.165) is 115 Å². The number of esters is 4. The molecule has 0 saturated carbocycles. The van der Waals surface area contributed by atoms with Crippen molar-refractivity contribution < 1.29 is 80.2 Å². The second-order valence-electron chi connectivity index (χ2n) is 25.2. The van der Waals surface area contributed by atoms with Crippen LogP contribution in [0.2, 0.25) is 0 Å². The maximum Gasteiger partial charge on any atom is 0.472 e. The summed E-state index contributed by atoms with van der Waals surface area (Å²) in [5.41, 5.74) is 0. The molecule has 0 aromatic rings. The van der Waals surface area contributed by atoms with Crippen LogP contribution >= 0.6 is 15.6 Å². The van der Waals surface area contributed by atoms with Gasteiger partial charge in [-0.25, -0.2) is 9.13 Å². The first kappa shape index (κ1) is 82.1. The first-order valence-electron chi connectivity index (χ1n) is 33.7. The number of aliphatic hydroxyl groups excluding tert-OH is 1. The summed E-state index contributed by atoms with van der Waals surface area (Å²) in [6, 6.07) is 0. The van der Waals surface area contributed by atoms with Crippen LogP contribution < -0.4 is 0 Å². The molecule has 0 heterocycles. The van der Waals surface area contributed by atoms with E-state index in [4.69, 9.17) is 37.0 Å². The Morgan fingerprint density at radius 1 is 0.333 bits per heavy atom. The van der Waals surface area contributed by atoms with Gasteiger partial charge in [0, 0.05) is 25.7 Å². The van der Waals surface area contributed by atoms with Gasteiger partial charge in [0.05, 0.1) is 26.4 Å². The highest BCUT2D eigenvalue weighted by molar-refractivity contribution is 7.47. The molecule has 0 fully saturated rings. The molecule has 0 rings (SSSR count). The topological polar surface area (TPSA) is 237 Å². The third kappa shape index (κ3) is 57.8. The van der Waals surface area contributed by atoms with Crippen molar-refractivity contribution in [3.8, 4) is 0 Å². The third-order valence-electron chi connectivity index (χ3n) is 15.2. The van der Waals surface area contributed by atoms with Gasteiger partial charge in [0.1, 0.15) is 19.3 Å². The molecule has 0 amide bonds. The van der Waals surface area contributed by atoms with Crippen LogP contribution in [0.25, 0.3) is 0 Å². The Labute approximate surface area is 511 Å². The standard InChI is InChI=1S/C65H126O17P2/c1-9-58(8)44-36-28-22-24-30-38-46-63(68)76-52-61(82-65(70)48-40-32-23-21-27-35-43-57(6)7)54-80-84(73,74)78-50-59(66)49-77-83(71,72)79-53-60(51-75-62(67)45-37-29-20-16-18-26-34-42-56(4)5)81-64(69)47-39-31-19-15-13-11-10-12-14-17-25-33-41-55(2)3/h55-61,66H,9-54H2,1-8H3,(H,71,72)(H,73,74)/t58?,59?,60-,61-/m1/s1. The summed E-state index contributed by atoms with van der Waals surface area (Å²) in [7, 11) is -9.89. The van der Waals surface area contributed by atoms with Crippen molar-refractivity contribution >= 4 is 39.5 Å². The predicted molar refractivity (Wildman–Crippen MR) is 335 cm³/mol. The average molecular weight is 1240 g/mol. The fourth-order valence-electron chi connectivity index (χ4n) is 9.57. The molecule has 84 heavy (non-hydrogen) atoms. The van der Waals surface area contributed by atoms with Gasteiger partial charge in [-0.1, -0.05) is 261 Å². The van der Waals surface area contributed by atoms with Crippen molar-refractivity contribution in [1.29, 1.82) is 0 Å². The minimum absolute atomic E-state index is 0.101. The van der Waals surface area contributed by atoms with E-state index < -0.39 is 97.5 Å². The molecule has 0 aromatic heterocycles. The Morgan fingerprint density at radius 3 is 0.845 bits per heavy atom. The lowest BCUT2D eigenvalue weighted by Crippen LogP contribution is -2.30. The molecule has 0 aliphatic heterocycles. The van der Waals surface area contributed by atoms with Crippen molar-refractivity contribution in [3.05, 3.63) is 0 Å². The van der Waals surface area contributed by atoms with Crippen LogP contribution in [0.5, 0.6) is 0 Å². The molecule has 19 heteroatoms. The number of phosphoric ester groups is 2. The van der Waals surface area contributed by atoms with Crippen LogP contribution in [0.1, 0.15) is 312 Å². The summed E-state index contributed by atoms with van der Waals surface area (Å²) >= 11 is 0. The van der Waals surface area contributed by atoms with Crippen LogP contribution in [-0.2, 0) is 65.4 Å². The van der Waals surface area contributed by atoms with Gasteiger partial charge in [-0.05, 0) is 49.4 Å². The zero-order chi connectivity index (χ0) is 62.5.